The van der Waals surface area contributed by atoms with Crippen LogP contribution in [0.1, 0.15) is 76.3 Å². The number of benzene rings is 1. The Morgan fingerprint density at radius 1 is 0.857 bits per heavy atom. The number of hydrogen-bond donors (Lipinski definition) is 2. The third-order valence-electron chi connectivity index (χ3n) is 7.71. The summed E-state index contributed by atoms with van der Waals surface area (Å²) in [4.78, 5) is 0. The normalized spacial score (nSPS) is 26.0. The second kappa shape index (κ2) is 8.15. The van der Waals surface area contributed by atoms with Gasteiger partial charge in [0.15, 0.2) is 12.4 Å². The highest BCUT2D eigenvalue weighted by atomic mass is 16.3. The lowest BCUT2D eigenvalue weighted by Crippen LogP contribution is -2.46. The summed E-state index contributed by atoms with van der Waals surface area (Å²) in [5.74, 6) is 0. The van der Waals surface area contributed by atoms with Crippen LogP contribution >= 0.6 is 0 Å². The lowest BCUT2D eigenvalue weighted by Gasteiger charge is -2.43. The molecule has 2 atom stereocenters. The highest BCUT2D eigenvalue weighted by molar-refractivity contribution is 5.86. The molecule has 2 aliphatic rings. The molecule has 2 aromatic rings. The van der Waals surface area contributed by atoms with E-state index in [1.165, 1.54) is 11.1 Å². The second-order valence-corrected chi connectivity index (χ2v) is 12.5. The van der Waals surface area contributed by atoms with Crippen LogP contribution < -0.4 is 4.57 Å². The Hall–Kier alpha value is -2.75. The van der Waals surface area contributed by atoms with Crippen molar-refractivity contribution in [2.45, 2.75) is 72.0 Å². The average molecular weight is 471 g/mol. The van der Waals surface area contributed by atoms with Crippen LogP contribution in [0.25, 0.3) is 11.6 Å². The Labute approximate surface area is 210 Å². The number of nitrogens with zero attached hydrogens (tertiary/aromatic N) is 1. The Morgan fingerprint density at radius 3 is 2.03 bits per heavy atom. The summed E-state index contributed by atoms with van der Waals surface area (Å²) < 4.78 is 2.02. The lowest BCUT2D eigenvalue weighted by atomic mass is 9.67. The quantitative estimate of drug-likeness (QED) is 0.504. The standard InChI is InChI=1S/C32H40NO2/c1-21-23-10-11-24-19-32(35,30(5,6)7)20-26(31(24,8)34)18-28(22-12-14-33(9)15-13-22)27(21)17-25(16-23)29(2,3)4/h10-20,34-35H,1-9H3/q+1/b11-10?,28-18-. The molecule has 2 N–H and O–H groups in total. The molecule has 1 heterocycles. The van der Waals surface area contributed by atoms with Gasteiger partial charge in [-0.2, -0.15) is 0 Å². The van der Waals surface area contributed by atoms with Gasteiger partial charge in [0.1, 0.15) is 18.2 Å². The molecule has 184 valence electrons. The Bertz CT molecular complexity index is 1290. The van der Waals surface area contributed by atoms with Crippen molar-refractivity contribution in [3.63, 3.8) is 0 Å². The van der Waals surface area contributed by atoms with Gasteiger partial charge in [0.25, 0.3) is 0 Å². The number of aliphatic hydroxyl groups is 2. The summed E-state index contributed by atoms with van der Waals surface area (Å²) in [5, 5.41) is 23.5. The fourth-order valence-electron chi connectivity index (χ4n) is 4.74. The average Bonchev–Trinajstić information content (AvgIpc) is 2.73. The van der Waals surface area contributed by atoms with Crippen LogP contribution in [0.5, 0.6) is 0 Å². The molecular formula is C32H40NO2+. The van der Waals surface area contributed by atoms with E-state index < -0.39 is 16.6 Å². The highest BCUT2D eigenvalue weighted by Gasteiger charge is 2.44. The number of aromatic nitrogens is 1. The molecule has 0 fully saturated rings. The van der Waals surface area contributed by atoms with E-state index >= 15 is 0 Å². The van der Waals surface area contributed by atoms with Crippen LogP contribution in [-0.4, -0.2) is 21.4 Å². The van der Waals surface area contributed by atoms with Crippen molar-refractivity contribution < 1.29 is 14.8 Å². The van der Waals surface area contributed by atoms with Gasteiger partial charge >= 0.3 is 0 Å². The minimum absolute atomic E-state index is 0.0181. The zero-order valence-electron chi connectivity index (χ0n) is 22.7. The third-order valence-corrected chi connectivity index (χ3v) is 7.71. The van der Waals surface area contributed by atoms with E-state index in [-0.39, 0.29) is 5.41 Å². The van der Waals surface area contributed by atoms with Gasteiger partial charge in [-0.1, -0.05) is 65.8 Å². The number of fused-ring (bicyclic) bond motifs is 4. The largest absolute Gasteiger partial charge is 0.381 e. The molecule has 3 heteroatoms. The Morgan fingerprint density at radius 2 is 1.46 bits per heavy atom. The SMILES string of the molecule is Cc1c2cc(C(C)(C)C)cc1/C(c1cc[n+](C)cc1)=C\C1=CC(O)(C(C)(C)C)C=C(C=C2)C1(C)O. The molecule has 0 spiro atoms. The molecule has 0 saturated heterocycles. The van der Waals surface area contributed by atoms with Crippen molar-refractivity contribution >= 4 is 11.6 Å². The van der Waals surface area contributed by atoms with Crippen molar-refractivity contribution in [1.29, 1.82) is 0 Å². The van der Waals surface area contributed by atoms with Gasteiger partial charge in [-0.25, -0.2) is 4.57 Å². The van der Waals surface area contributed by atoms with Crippen LogP contribution in [0.3, 0.4) is 0 Å². The number of aryl methyl sites for hydroxylation is 1. The van der Waals surface area contributed by atoms with Crippen molar-refractivity contribution in [3.8, 4) is 0 Å². The summed E-state index contributed by atoms with van der Waals surface area (Å²) in [7, 11) is 2.01. The summed E-state index contributed by atoms with van der Waals surface area (Å²) >= 11 is 0. The van der Waals surface area contributed by atoms with E-state index in [1.807, 2.05) is 69.9 Å². The Kier molecular flexibility index (Phi) is 5.90. The monoisotopic (exact) mass is 470 g/mol. The van der Waals surface area contributed by atoms with E-state index in [0.717, 1.165) is 22.3 Å². The maximum absolute atomic E-state index is 11.8. The smallest absolute Gasteiger partial charge is 0.169 e. The van der Waals surface area contributed by atoms with E-state index in [2.05, 4.69) is 64.1 Å². The van der Waals surface area contributed by atoms with Gasteiger partial charge in [-0.05, 0) is 87.4 Å². The van der Waals surface area contributed by atoms with Crippen LogP contribution in [-0.2, 0) is 12.5 Å². The maximum Gasteiger partial charge on any atom is 0.169 e. The molecule has 35 heavy (non-hydrogen) atoms. The summed E-state index contributed by atoms with van der Waals surface area (Å²) in [6.45, 7) is 16.8. The van der Waals surface area contributed by atoms with E-state index in [9.17, 15) is 10.2 Å². The fraction of sp³-hybridized carbons (Fsp3) is 0.406. The summed E-state index contributed by atoms with van der Waals surface area (Å²) in [6, 6.07) is 8.77. The van der Waals surface area contributed by atoms with E-state index in [4.69, 9.17) is 0 Å². The van der Waals surface area contributed by atoms with Gasteiger partial charge in [-0.15, -0.1) is 0 Å². The van der Waals surface area contributed by atoms with Gasteiger partial charge in [0.05, 0.1) is 0 Å². The molecule has 0 aliphatic heterocycles. The number of rotatable bonds is 1. The molecule has 4 rings (SSSR count). The maximum atomic E-state index is 11.8. The van der Waals surface area contributed by atoms with Crippen LogP contribution in [0, 0.1) is 12.3 Å². The number of pyridine rings is 1. The molecular weight excluding hydrogens is 430 g/mol. The first-order valence-corrected chi connectivity index (χ1v) is 12.5. The fourth-order valence-corrected chi connectivity index (χ4v) is 4.74. The summed E-state index contributed by atoms with van der Waals surface area (Å²) in [6.07, 6.45) is 13.9. The molecule has 2 unspecified atom stereocenters. The van der Waals surface area contributed by atoms with Gasteiger partial charge in [-0.3, -0.25) is 0 Å². The molecule has 1 aromatic carbocycles. The topological polar surface area (TPSA) is 44.3 Å². The van der Waals surface area contributed by atoms with Crippen molar-refractivity contribution in [2.75, 3.05) is 0 Å². The second-order valence-electron chi connectivity index (χ2n) is 12.5. The van der Waals surface area contributed by atoms with Gasteiger partial charge in [0.2, 0.25) is 0 Å². The Balaban J connectivity index is 2.14. The summed E-state index contributed by atoms with van der Waals surface area (Å²) in [5.41, 5.74) is 5.31. The van der Waals surface area contributed by atoms with Crippen LogP contribution in [0.4, 0.5) is 0 Å². The molecule has 4 bridgehead atoms. The van der Waals surface area contributed by atoms with Crippen LogP contribution in [0.2, 0.25) is 0 Å². The van der Waals surface area contributed by atoms with Crippen LogP contribution in [0.15, 0.2) is 72.1 Å². The zero-order chi connectivity index (χ0) is 26.0. The van der Waals surface area contributed by atoms with E-state index in [0.29, 0.717) is 11.1 Å². The van der Waals surface area contributed by atoms with Gasteiger partial charge < -0.3 is 10.2 Å². The first-order valence-electron chi connectivity index (χ1n) is 12.5. The van der Waals surface area contributed by atoms with Gasteiger partial charge in [0, 0.05) is 12.1 Å². The predicted molar refractivity (Wildman–Crippen MR) is 145 cm³/mol. The predicted octanol–water partition coefficient (Wildman–Crippen LogP) is 5.97. The molecule has 0 amide bonds. The molecule has 2 aliphatic carbocycles. The van der Waals surface area contributed by atoms with Crippen molar-refractivity contribution in [1.82, 2.24) is 0 Å². The molecule has 0 radical (unpaired) electrons. The molecule has 1 aromatic heterocycles. The zero-order valence-corrected chi connectivity index (χ0v) is 22.7. The first-order chi connectivity index (χ1) is 16.0. The van der Waals surface area contributed by atoms with Crippen molar-refractivity contribution in [3.05, 3.63) is 99.9 Å². The highest BCUT2D eigenvalue weighted by Crippen LogP contribution is 2.45. The minimum Gasteiger partial charge on any atom is -0.381 e. The third kappa shape index (κ3) is 4.48. The van der Waals surface area contributed by atoms with E-state index in [1.54, 1.807) is 0 Å². The number of hydrogen-bond acceptors (Lipinski definition) is 2. The molecule has 0 saturated carbocycles. The molecule has 3 nitrogen and oxygen atoms in total. The minimum atomic E-state index is -1.24. The first kappa shape index (κ1) is 25.3. The van der Waals surface area contributed by atoms with Crippen molar-refractivity contribution in [2.24, 2.45) is 12.5 Å². The lowest BCUT2D eigenvalue weighted by molar-refractivity contribution is -0.671.